The van der Waals surface area contributed by atoms with Gasteiger partial charge in [-0.1, -0.05) is 35.0 Å². The fourth-order valence-corrected chi connectivity index (χ4v) is 3.18. The quantitative estimate of drug-likeness (QED) is 0.726. The van der Waals surface area contributed by atoms with Gasteiger partial charge < -0.3 is 0 Å². The van der Waals surface area contributed by atoms with Crippen LogP contribution in [-0.4, -0.2) is 9.78 Å². The summed E-state index contributed by atoms with van der Waals surface area (Å²) in [4.78, 5) is 14.2. The van der Waals surface area contributed by atoms with Crippen molar-refractivity contribution in [1.82, 2.24) is 9.78 Å². The van der Waals surface area contributed by atoms with Gasteiger partial charge in [-0.25, -0.2) is 4.68 Å². The van der Waals surface area contributed by atoms with E-state index in [4.69, 9.17) is 23.2 Å². The second-order valence-electron chi connectivity index (χ2n) is 4.74. The first-order valence-electron chi connectivity index (χ1n) is 6.55. The van der Waals surface area contributed by atoms with Gasteiger partial charge in [-0.2, -0.15) is 0 Å². The number of aryl methyl sites for hydroxylation is 1. The van der Waals surface area contributed by atoms with Gasteiger partial charge in [-0.05, 0) is 55.5 Å². The molecule has 1 aromatic heterocycles. The van der Waals surface area contributed by atoms with Crippen molar-refractivity contribution >= 4 is 35.0 Å². The van der Waals surface area contributed by atoms with Crippen molar-refractivity contribution in [3.05, 3.63) is 74.6 Å². The Morgan fingerprint density at radius 1 is 0.955 bits per heavy atom. The van der Waals surface area contributed by atoms with Crippen molar-refractivity contribution in [3.63, 3.8) is 0 Å². The number of nitrogens with one attached hydrogen (secondary N) is 1. The molecule has 6 heteroatoms. The molecule has 0 aliphatic rings. The number of H-pyrrole nitrogens is 1. The summed E-state index contributed by atoms with van der Waals surface area (Å²) in [5.74, 6) is 0. The van der Waals surface area contributed by atoms with Gasteiger partial charge >= 0.3 is 0 Å². The fourth-order valence-electron chi connectivity index (χ4n) is 2.04. The van der Waals surface area contributed by atoms with Crippen LogP contribution in [0.2, 0.25) is 10.0 Å². The summed E-state index contributed by atoms with van der Waals surface area (Å²) >= 11 is 13.2. The lowest BCUT2D eigenvalue weighted by molar-refractivity contribution is 0.834. The van der Waals surface area contributed by atoms with Gasteiger partial charge in [0.2, 0.25) is 0 Å². The summed E-state index contributed by atoms with van der Waals surface area (Å²) in [6.45, 7) is 1.88. The number of nitrogens with zero attached hydrogens (tertiary/aromatic N) is 1. The van der Waals surface area contributed by atoms with E-state index in [9.17, 15) is 4.79 Å². The minimum atomic E-state index is -0.0835. The van der Waals surface area contributed by atoms with Crippen LogP contribution < -0.4 is 5.56 Å². The highest BCUT2D eigenvalue weighted by Crippen LogP contribution is 2.28. The SMILES string of the molecule is Cc1[nH]n(-c2ccc(Cl)cc2)c(=O)c1Sc1ccc(Cl)cc1. The van der Waals surface area contributed by atoms with Gasteiger partial charge in [-0.3, -0.25) is 9.89 Å². The fraction of sp³-hybridized carbons (Fsp3) is 0.0625. The molecule has 0 aliphatic carbocycles. The molecule has 3 rings (SSSR count). The highest BCUT2D eigenvalue weighted by molar-refractivity contribution is 7.99. The molecular weight excluding hydrogens is 339 g/mol. The summed E-state index contributed by atoms with van der Waals surface area (Å²) < 4.78 is 1.52. The summed E-state index contributed by atoms with van der Waals surface area (Å²) in [5, 5.41) is 4.40. The van der Waals surface area contributed by atoms with Crippen molar-refractivity contribution in [2.75, 3.05) is 0 Å². The first-order chi connectivity index (χ1) is 10.5. The number of aromatic nitrogens is 2. The van der Waals surface area contributed by atoms with Crippen LogP contribution in [0, 0.1) is 6.92 Å². The van der Waals surface area contributed by atoms with E-state index in [1.165, 1.54) is 16.4 Å². The van der Waals surface area contributed by atoms with E-state index in [1.54, 1.807) is 24.3 Å². The number of aromatic amines is 1. The van der Waals surface area contributed by atoms with Crippen molar-refractivity contribution in [2.24, 2.45) is 0 Å². The van der Waals surface area contributed by atoms with Gasteiger partial charge in [0.05, 0.1) is 10.6 Å². The maximum atomic E-state index is 12.6. The van der Waals surface area contributed by atoms with E-state index in [1.807, 2.05) is 31.2 Å². The van der Waals surface area contributed by atoms with E-state index in [2.05, 4.69) is 5.10 Å². The van der Waals surface area contributed by atoms with Crippen LogP contribution in [0.15, 0.2) is 63.1 Å². The molecule has 0 radical (unpaired) electrons. The Hall–Kier alpha value is -1.62. The lowest BCUT2D eigenvalue weighted by Gasteiger charge is -2.01. The Balaban J connectivity index is 1.98. The Morgan fingerprint density at radius 2 is 1.50 bits per heavy atom. The van der Waals surface area contributed by atoms with Gasteiger partial charge in [0.1, 0.15) is 0 Å². The maximum Gasteiger partial charge on any atom is 0.285 e. The molecule has 3 nitrogen and oxygen atoms in total. The molecule has 0 saturated carbocycles. The summed E-state index contributed by atoms with van der Waals surface area (Å²) in [7, 11) is 0. The topological polar surface area (TPSA) is 37.8 Å². The van der Waals surface area contributed by atoms with Crippen LogP contribution in [0.1, 0.15) is 5.69 Å². The van der Waals surface area contributed by atoms with Crippen LogP contribution in [0.3, 0.4) is 0 Å². The molecule has 0 amide bonds. The van der Waals surface area contributed by atoms with Crippen LogP contribution >= 0.6 is 35.0 Å². The van der Waals surface area contributed by atoms with Gasteiger partial charge in [0.15, 0.2) is 0 Å². The second kappa shape index (κ2) is 6.24. The van der Waals surface area contributed by atoms with E-state index in [-0.39, 0.29) is 5.56 Å². The molecule has 0 fully saturated rings. The zero-order chi connectivity index (χ0) is 15.7. The molecule has 1 N–H and O–H groups in total. The predicted octanol–water partition coefficient (Wildman–Crippen LogP) is 4.93. The number of rotatable bonds is 3. The van der Waals surface area contributed by atoms with Gasteiger partial charge in [0.25, 0.3) is 5.56 Å². The lowest BCUT2D eigenvalue weighted by atomic mass is 10.3. The second-order valence-corrected chi connectivity index (χ2v) is 6.70. The number of benzene rings is 2. The van der Waals surface area contributed by atoms with Crippen molar-refractivity contribution in [1.29, 1.82) is 0 Å². The average molecular weight is 351 g/mol. The Labute approximate surface area is 141 Å². The lowest BCUT2D eigenvalue weighted by Crippen LogP contribution is -2.15. The highest BCUT2D eigenvalue weighted by Gasteiger charge is 2.13. The molecule has 1 heterocycles. The van der Waals surface area contributed by atoms with Crippen LogP contribution in [0.5, 0.6) is 0 Å². The number of hydrogen-bond acceptors (Lipinski definition) is 2. The molecule has 0 unspecified atom stereocenters. The Kier molecular flexibility index (Phi) is 4.34. The predicted molar refractivity (Wildman–Crippen MR) is 91.7 cm³/mol. The molecule has 0 atom stereocenters. The third-order valence-electron chi connectivity index (χ3n) is 3.14. The standard InChI is InChI=1S/C16H12Cl2N2OS/c1-10-15(22-14-8-4-12(18)5-9-14)16(21)20(19-10)13-6-2-11(17)3-7-13/h2-9,19H,1H3. The summed E-state index contributed by atoms with van der Waals surface area (Å²) in [5.41, 5.74) is 1.49. The molecule has 0 bridgehead atoms. The Morgan fingerprint density at radius 3 is 2.09 bits per heavy atom. The normalized spacial score (nSPS) is 10.9. The van der Waals surface area contributed by atoms with Crippen molar-refractivity contribution in [2.45, 2.75) is 16.7 Å². The monoisotopic (exact) mass is 350 g/mol. The van der Waals surface area contributed by atoms with Crippen LogP contribution in [0.25, 0.3) is 5.69 Å². The molecular formula is C16H12Cl2N2OS. The third kappa shape index (κ3) is 3.09. The molecule has 112 valence electrons. The summed E-state index contributed by atoms with van der Waals surface area (Å²) in [6.07, 6.45) is 0. The van der Waals surface area contributed by atoms with Gasteiger partial charge in [-0.15, -0.1) is 0 Å². The van der Waals surface area contributed by atoms with E-state index in [0.717, 1.165) is 16.3 Å². The molecule has 3 aromatic rings. The van der Waals surface area contributed by atoms with E-state index in [0.29, 0.717) is 14.9 Å². The first-order valence-corrected chi connectivity index (χ1v) is 8.13. The maximum absolute atomic E-state index is 12.6. The highest BCUT2D eigenvalue weighted by atomic mass is 35.5. The van der Waals surface area contributed by atoms with Crippen molar-refractivity contribution < 1.29 is 0 Å². The molecule has 0 spiro atoms. The average Bonchev–Trinajstić information content (AvgIpc) is 2.78. The van der Waals surface area contributed by atoms with E-state index >= 15 is 0 Å². The smallest absolute Gasteiger partial charge is 0.285 e. The molecule has 22 heavy (non-hydrogen) atoms. The minimum Gasteiger partial charge on any atom is -0.294 e. The first kappa shape index (κ1) is 15.3. The molecule has 2 aromatic carbocycles. The molecule has 0 saturated heterocycles. The van der Waals surface area contributed by atoms with E-state index < -0.39 is 0 Å². The zero-order valence-electron chi connectivity index (χ0n) is 11.6. The Bertz CT molecular complexity index is 851. The number of halogens is 2. The summed E-state index contributed by atoms with van der Waals surface area (Å²) in [6, 6.07) is 14.5. The number of hydrogen-bond donors (Lipinski definition) is 1. The van der Waals surface area contributed by atoms with Crippen LogP contribution in [-0.2, 0) is 0 Å². The third-order valence-corrected chi connectivity index (χ3v) is 4.83. The van der Waals surface area contributed by atoms with Gasteiger partial charge in [0, 0.05) is 20.6 Å². The largest absolute Gasteiger partial charge is 0.294 e. The zero-order valence-corrected chi connectivity index (χ0v) is 14.0. The minimum absolute atomic E-state index is 0.0835. The van der Waals surface area contributed by atoms with Crippen LogP contribution in [0.4, 0.5) is 0 Å². The van der Waals surface area contributed by atoms with Crippen molar-refractivity contribution in [3.8, 4) is 5.69 Å². The molecule has 0 aliphatic heterocycles.